The van der Waals surface area contributed by atoms with Crippen molar-refractivity contribution in [3.8, 4) is 11.3 Å². The van der Waals surface area contributed by atoms with Gasteiger partial charge < -0.3 is 5.73 Å². The number of aromatic nitrogens is 2. The van der Waals surface area contributed by atoms with E-state index >= 15 is 0 Å². The smallest absolute Gasteiger partial charge is 0.124 e. The van der Waals surface area contributed by atoms with Crippen LogP contribution in [0.4, 0.5) is 4.39 Å². The highest BCUT2D eigenvalue weighted by Gasteiger charge is 2.12. The molecule has 0 spiro atoms. The van der Waals surface area contributed by atoms with E-state index in [2.05, 4.69) is 9.59 Å². The van der Waals surface area contributed by atoms with E-state index in [9.17, 15) is 4.39 Å². The first-order valence-corrected chi connectivity index (χ1v) is 5.34. The SMILES string of the molecule is NCc1snnc1-c1ccc(F)cc1Cl. The normalized spacial score (nSPS) is 10.6. The largest absolute Gasteiger partial charge is 0.326 e. The summed E-state index contributed by atoms with van der Waals surface area (Å²) in [4.78, 5) is 0.837. The van der Waals surface area contributed by atoms with Crippen molar-refractivity contribution in [1.29, 1.82) is 0 Å². The molecule has 1 aromatic heterocycles. The lowest BCUT2D eigenvalue weighted by molar-refractivity contribution is 0.628. The first-order chi connectivity index (χ1) is 7.22. The van der Waals surface area contributed by atoms with Gasteiger partial charge in [-0.15, -0.1) is 5.10 Å². The molecule has 2 aromatic rings. The molecular weight excluding hydrogens is 237 g/mol. The van der Waals surface area contributed by atoms with E-state index in [-0.39, 0.29) is 5.82 Å². The summed E-state index contributed by atoms with van der Waals surface area (Å²) in [6.45, 7) is 0.348. The van der Waals surface area contributed by atoms with Gasteiger partial charge in [0.2, 0.25) is 0 Å². The predicted octanol–water partition coefficient (Wildman–Crippen LogP) is 2.46. The molecule has 3 nitrogen and oxygen atoms in total. The van der Waals surface area contributed by atoms with Gasteiger partial charge in [0, 0.05) is 12.1 Å². The topological polar surface area (TPSA) is 51.8 Å². The van der Waals surface area contributed by atoms with Gasteiger partial charge in [-0.25, -0.2) is 4.39 Å². The zero-order valence-corrected chi connectivity index (χ0v) is 9.15. The maximum absolute atomic E-state index is 12.8. The van der Waals surface area contributed by atoms with Gasteiger partial charge in [-0.1, -0.05) is 16.1 Å². The standard InChI is InChI=1S/C9H7ClFN3S/c10-7-3-5(11)1-2-6(7)9-8(4-12)15-14-13-9/h1-3H,4,12H2. The van der Waals surface area contributed by atoms with E-state index < -0.39 is 0 Å². The van der Waals surface area contributed by atoms with E-state index in [1.165, 1.54) is 23.7 Å². The summed E-state index contributed by atoms with van der Waals surface area (Å²) in [5.41, 5.74) is 6.82. The number of benzene rings is 1. The minimum atomic E-state index is -0.374. The summed E-state index contributed by atoms with van der Waals surface area (Å²) in [5, 5.41) is 4.25. The van der Waals surface area contributed by atoms with Gasteiger partial charge in [-0.05, 0) is 29.7 Å². The van der Waals surface area contributed by atoms with Gasteiger partial charge in [0.15, 0.2) is 0 Å². The predicted molar refractivity (Wildman–Crippen MR) is 58.2 cm³/mol. The Labute approximate surface area is 94.9 Å². The molecule has 2 N–H and O–H groups in total. The fourth-order valence-electron chi connectivity index (χ4n) is 1.23. The molecule has 0 aliphatic rings. The third-order valence-electron chi connectivity index (χ3n) is 1.93. The van der Waals surface area contributed by atoms with Crippen molar-refractivity contribution in [3.63, 3.8) is 0 Å². The summed E-state index contributed by atoms with van der Waals surface area (Å²) in [6.07, 6.45) is 0. The molecule has 0 saturated carbocycles. The van der Waals surface area contributed by atoms with Crippen LogP contribution in [0.1, 0.15) is 4.88 Å². The number of hydrogen-bond donors (Lipinski definition) is 1. The summed E-state index contributed by atoms with van der Waals surface area (Å²) < 4.78 is 16.6. The lowest BCUT2D eigenvalue weighted by Crippen LogP contribution is -1.96. The van der Waals surface area contributed by atoms with Crippen LogP contribution in [-0.2, 0) is 6.54 Å². The molecular formula is C9H7ClFN3S. The van der Waals surface area contributed by atoms with Crippen LogP contribution in [-0.4, -0.2) is 9.59 Å². The van der Waals surface area contributed by atoms with Crippen molar-refractivity contribution in [2.24, 2.45) is 5.73 Å². The third kappa shape index (κ3) is 1.99. The maximum atomic E-state index is 12.8. The number of halogens is 2. The Morgan fingerprint density at radius 2 is 2.27 bits per heavy atom. The van der Waals surface area contributed by atoms with Crippen molar-refractivity contribution in [2.75, 3.05) is 0 Å². The Kier molecular flexibility index (Phi) is 2.95. The quantitative estimate of drug-likeness (QED) is 0.882. The molecule has 6 heteroatoms. The fourth-order valence-corrected chi connectivity index (χ4v) is 2.02. The molecule has 0 amide bonds. The molecule has 1 heterocycles. The molecule has 15 heavy (non-hydrogen) atoms. The second-order valence-corrected chi connectivity index (χ2v) is 4.12. The van der Waals surface area contributed by atoms with Crippen LogP contribution in [0.15, 0.2) is 18.2 Å². The zero-order chi connectivity index (χ0) is 10.8. The fraction of sp³-hybridized carbons (Fsp3) is 0.111. The Morgan fingerprint density at radius 1 is 1.47 bits per heavy atom. The summed E-state index contributed by atoms with van der Waals surface area (Å²) in [5.74, 6) is -0.374. The van der Waals surface area contributed by atoms with E-state index in [4.69, 9.17) is 17.3 Å². The minimum absolute atomic E-state index is 0.317. The number of hydrogen-bond acceptors (Lipinski definition) is 4. The lowest BCUT2D eigenvalue weighted by Gasteiger charge is -2.01. The van der Waals surface area contributed by atoms with Gasteiger partial charge in [0.05, 0.1) is 9.90 Å². The van der Waals surface area contributed by atoms with E-state index in [0.717, 1.165) is 4.88 Å². The maximum Gasteiger partial charge on any atom is 0.124 e. The Balaban J connectivity index is 2.54. The Morgan fingerprint density at radius 3 is 2.93 bits per heavy atom. The van der Waals surface area contributed by atoms with Gasteiger partial charge in [0.1, 0.15) is 11.5 Å². The highest BCUT2D eigenvalue weighted by Crippen LogP contribution is 2.30. The summed E-state index contributed by atoms with van der Waals surface area (Å²) in [7, 11) is 0. The van der Waals surface area contributed by atoms with Crippen LogP contribution in [0.5, 0.6) is 0 Å². The molecule has 0 radical (unpaired) electrons. The molecule has 1 aromatic carbocycles. The van der Waals surface area contributed by atoms with Gasteiger partial charge >= 0.3 is 0 Å². The highest BCUT2D eigenvalue weighted by atomic mass is 35.5. The second-order valence-electron chi connectivity index (χ2n) is 2.87. The van der Waals surface area contributed by atoms with Gasteiger partial charge in [0.25, 0.3) is 0 Å². The van der Waals surface area contributed by atoms with Gasteiger partial charge in [-0.3, -0.25) is 0 Å². The van der Waals surface area contributed by atoms with E-state index in [1.54, 1.807) is 6.07 Å². The summed E-state index contributed by atoms with van der Waals surface area (Å²) >= 11 is 7.12. The molecule has 0 aliphatic carbocycles. The number of rotatable bonds is 2. The lowest BCUT2D eigenvalue weighted by atomic mass is 10.1. The van der Waals surface area contributed by atoms with Crippen LogP contribution in [0.25, 0.3) is 11.3 Å². The molecule has 78 valence electrons. The summed E-state index contributed by atoms with van der Waals surface area (Å²) in [6, 6.07) is 4.16. The minimum Gasteiger partial charge on any atom is -0.326 e. The molecule has 0 unspecified atom stereocenters. The van der Waals surface area contributed by atoms with Crippen molar-refractivity contribution in [3.05, 3.63) is 33.9 Å². The van der Waals surface area contributed by atoms with Crippen LogP contribution < -0.4 is 5.73 Å². The molecule has 0 bridgehead atoms. The molecule has 0 aliphatic heterocycles. The second kappa shape index (κ2) is 4.22. The molecule has 0 atom stereocenters. The van der Waals surface area contributed by atoms with E-state index in [1.807, 2.05) is 0 Å². The first kappa shape index (κ1) is 10.5. The van der Waals surface area contributed by atoms with E-state index in [0.29, 0.717) is 22.8 Å². The zero-order valence-electron chi connectivity index (χ0n) is 7.58. The Hall–Kier alpha value is -1.04. The first-order valence-electron chi connectivity index (χ1n) is 4.19. The molecule has 0 fully saturated rings. The molecule has 0 saturated heterocycles. The van der Waals surface area contributed by atoms with Gasteiger partial charge in [-0.2, -0.15) is 0 Å². The average Bonchev–Trinajstić information content (AvgIpc) is 2.65. The van der Waals surface area contributed by atoms with Crippen molar-refractivity contribution >= 4 is 23.1 Å². The van der Waals surface area contributed by atoms with Crippen LogP contribution in [0, 0.1) is 5.82 Å². The van der Waals surface area contributed by atoms with Crippen LogP contribution in [0.2, 0.25) is 5.02 Å². The monoisotopic (exact) mass is 243 g/mol. The third-order valence-corrected chi connectivity index (χ3v) is 2.98. The van der Waals surface area contributed by atoms with Crippen LogP contribution >= 0.6 is 23.1 Å². The van der Waals surface area contributed by atoms with Crippen molar-refractivity contribution < 1.29 is 4.39 Å². The highest BCUT2D eigenvalue weighted by molar-refractivity contribution is 7.05. The number of nitrogens with two attached hydrogens (primary N) is 1. The number of nitrogens with zero attached hydrogens (tertiary/aromatic N) is 2. The Bertz CT molecular complexity index is 486. The average molecular weight is 244 g/mol. The van der Waals surface area contributed by atoms with Crippen LogP contribution in [0.3, 0.4) is 0 Å². The molecule has 2 rings (SSSR count). The van der Waals surface area contributed by atoms with Crippen molar-refractivity contribution in [1.82, 2.24) is 9.59 Å². The van der Waals surface area contributed by atoms with Crippen molar-refractivity contribution in [2.45, 2.75) is 6.54 Å².